The van der Waals surface area contributed by atoms with Crippen molar-refractivity contribution in [2.45, 2.75) is 101 Å². The van der Waals surface area contributed by atoms with Gasteiger partial charge in [-0.3, -0.25) is 33.8 Å². The number of rotatable bonds is 22. The standard InChI is InChI=1S/C38H54N12O9/c1-20(2)13-27(34(55)49-29(15-22-18-42-19-45-22)36(57)50-12-6-10-30(50)37(58)59)48-33(54)26(9-5-11-43-38(40)41)46-35(56)28(16-31(51)52)47-32(53)24(39)14-21-17-44-25-8-4-3-7-23(21)25/h3-4,7-8,17-20,24,26-30,44H,5-6,9-16,39H2,1-2H3,(H,42,45)(H,46,56)(H,47,53)(H,48,54)(H,49,55)(H,51,52)(H,58,59)(H4,40,41,43)/t24-,26-,27-,28-,29-,30-/m0/s1. The Kier molecular flexibility index (Phi) is 16.3. The number of nitrogens with zero attached hydrogens (tertiary/aromatic N) is 3. The molecule has 6 atom stereocenters. The molecule has 5 amide bonds. The van der Waals surface area contributed by atoms with E-state index in [-0.39, 0.29) is 63.5 Å². The zero-order valence-corrected chi connectivity index (χ0v) is 33.0. The molecule has 14 N–H and O–H groups in total. The molecule has 59 heavy (non-hydrogen) atoms. The number of carboxylic acids is 2. The van der Waals surface area contributed by atoms with Gasteiger partial charge in [-0.1, -0.05) is 32.0 Å². The van der Waals surface area contributed by atoms with Crippen LogP contribution in [0.4, 0.5) is 0 Å². The lowest BCUT2D eigenvalue weighted by molar-refractivity contribution is -0.149. The summed E-state index contributed by atoms with van der Waals surface area (Å²) in [6.45, 7) is 3.84. The van der Waals surface area contributed by atoms with E-state index in [0.29, 0.717) is 12.1 Å². The van der Waals surface area contributed by atoms with Gasteiger partial charge in [0.25, 0.3) is 0 Å². The highest BCUT2D eigenvalue weighted by atomic mass is 16.4. The van der Waals surface area contributed by atoms with Crippen LogP contribution in [0.15, 0.2) is 48.0 Å². The molecular weight excluding hydrogens is 768 g/mol. The zero-order chi connectivity index (χ0) is 43.2. The maximum atomic E-state index is 14.0. The Morgan fingerprint density at radius 2 is 1.56 bits per heavy atom. The molecule has 0 saturated carbocycles. The van der Waals surface area contributed by atoms with Crippen molar-refractivity contribution in [3.63, 3.8) is 0 Å². The molecule has 2 aromatic heterocycles. The number of imidazole rings is 1. The lowest BCUT2D eigenvalue weighted by atomic mass is 10.0. The first-order valence-electron chi connectivity index (χ1n) is 19.3. The number of para-hydroxylation sites is 1. The van der Waals surface area contributed by atoms with E-state index >= 15 is 0 Å². The molecule has 3 aromatic rings. The predicted octanol–water partition coefficient (Wildman–Crippen LogP) is -1.41. The van der Waals surface area contributed by atoms with E-state index < -0.39 is 84.1 Å². The van der Waals surface area contributed by atoms with E-state index in [2.05, 4.69) is 41.2 Å². The molecule has 4 rings (SSSR count). The van der Waals surface area contributed by atoms with Crippen LogP contribution in [-0.2, 0) is 46.4 Å². The Morgan fingerprint density at radius 1 is 0.898 bits per heavy atom. The van der Waals surface area contributed by atoms with Crippen LogP contribution in [-0.4, -0.2) is 127 Å². The summed E-state index contributed by atoms with van der Waals surface area (Å²) in [5, 5.41) is 30.5. The molecule has 21 heteroatoms. The predicted molar refractivity (Wildman–Crippen MR) is 214 cm³/mol. The SMILES string of the molecule is CC(C)C[C@H](NC(=O)[C@H](CCCN=C(N)N)NC(=O)[C@H](CC(=O)O)NC(=O)[C@@H](N)Cc1c[nH]c2ccccc12)C(=O)N[C@@H](Cc1cnc[nH]1)C(=O)N1CCC[C@H]1C(=O)O. The van der Waals surface area contributed by atoms with E-state index in [1.165, 1.54) is 17.4 Å². The normalized spacial score (nSPS) is 16.3. The number of aromatic amines is 2. The number of benzene rings is 1. The molecule has 3 heterocycles. The highest BCUT2D eigenvalue weighted by Gasteiger charge is 2.39. The number of carboxylic acid groups (broad SMARTS) is 2. The first kappa shape index (κ1) is 45.2. The number of likely N-dealkylation sites (tertiary alicyclic amines) is 1. The Balaban J connectivity index is 1.52. The van der Waals surface area contributed by atoms with Crippen molar-refractivity contribution in [1.29, 1.82) is 0 Å². The van der Waals surface area contributed by atoms with Crippen LogP contribution in [0.2, 0.25) is 0 Å². The molecular formula is C38H54N12O9. The van der Waals surface area contributed by atoms with E-state index in [1.807, 2.05) is 24.3 Å². The number of hydrogen-bond acceptors (Lipinski definition) is 10. The Bertz CT molecular complexity index is 1980. The quantitative estimate of drug-likeness (QED) is 0.0316. The van der Waals surface area contributed by atoms with E-state index in [1.54, 1.807) is 20.0 Å². The maximum Gasteiger partial charge on any atom is 0.326 e. The van der Waals surface area contributed by atoms with Crippen LogP contribution in [0.5, 0.6) is 0 Å². The second-order valence-corrected chi connectivity index (χ2v) is 14.9. The number of aliphatic carboxylic acids is 2. The van der Waals surface area contributed by atoms with Crippen molar-refractivity contribution in [2.75, 3.05) is 13.1 Å². The number of aliphatic imine (C=N–C) groups is 1. The van der Waals surface area contributed by atoms with Gasteiger partial charge in [0.05, 0.1) is 18.8 Å². The fourth-order valence-corrected chi connectivity index (χ4v) is 6.89. The summed E-state index contributed by atoms with van der Waals surface area (Å²) >= 11 is 0. The number of H-pyrrole nitrogens is 2. The third-order valence-electron chi connectivity index (χ3n) is 9.80. The van der Waals surface area contributed by atoms with Crippen molar-refractivity contribution in [2.24, 2.45) is 28.1 Å². The van der Waals surface area contributed by atoms with Gasteiger partial charge in [-0.05, 0) is 56.1 Å². The number of hydrogen-bond donors (Lipinski definition) is 11. The fourth-order valence-electron chi connectivity index (χ4n) is 6.89. The molecule has 1 aromatic carbocycles. The number of fused-ring (bicyclic) bond motifs is 1. The summed E-state index contributed by atoms with van der Waals surface area (Å²) in [4.78, 5) is 108. The van der Waals surface area contributed by atoms with Crippen LogP contribution in [0, 0.1) is 5.92 Å². The molecule has 0 unspecified atom stereocenters. The Labute approximate surface area is 339 Å². The summed E-state index contributed by atoms with van der Waals surface area (Å²) in [7, 11) is 0. The maximum absolute atomic E-state index is 14.0. The van der Waals surface area contributed by atoms with E-state index in [4.69, 9.17) is 17.2 Å². The summed E-state index contributed by atoms with van der Waals surface area (Å²) in [6, 6.07) is -0.364. The second kappa shape index (κ2) is 21.3. The first-order chi connectivity index (χ1) is 28.0. The van der Waals surface area contributed by atoms with Crippen LogP contribution < -0.4 is 38.5 Å². The van der Waals surface area contributed by atoms with Gasteiger partial charge in [-0.25, -0.2) is 9.78 Å². The average Bonchev–Trinajstić information content (AvgIpc) is 3.97. The van der Waals surface area contributed by atoms with Gasteiger partial charge in [0.2, 0.25) is 29.5 Å². The lowest BCUT2D eigenvalue weighted by Gasteiger charge is -2.29. The van der Waals surface area contributed by atoms with Gasteiger partial charge >= 0.3 is 11.9 Å². The highest BCUT2D eigenvalue weighted by molar-refractivity contribution is 5.97. The van der Waals surface area contributed by atoms with Gasteiger partial charge < -0.3 is 63.5 Å². The third-order valence-corrected chi connectivity index (χ3v) is 9.80. The number of carbonyl (C=O) groups is 7. The van der Waals surface area contributed by atoms with Gasteiger partial charge in [0, 0.05) is 48.5 Å². The van der Waals surface area contributed by atoms with E-state index in [0.717, 1.165) is 16.5 Å². The van der Waals surface area contributed by atoms with Gasteiger partial charge in [-0.2, -0.15) is 0 Å². The summed E-state index contributed by atoms with van der Waals surface area (Å²) in [6.07, 6.45) is 4.61. The number of nitrogens with one attached hydrogen (secondary N) is 6. The molecule has 320 valence electrons. The van der Waals surface area contributed by atoms with Crippen molar-refractivity contribution in [3.8, 4) is 0 Å². The average molecular weight is 823 g/mol. The Morgan fingerprint density at radius 3 is 2.22 bits per heavy atom. The minimum absolute atomic E-state index is 0.0542. The molecule has 0 bridgehead atoms. The lowest BCUT2D eigenvalue weighted by Crippen LogP contribution is -2.60. The number of nitrogens with two attached hydrogens (primary N) is 3. The molecule has 0 spiro atoms. The summed E-state index contributed by atoms with van der Waals surface area (Å²) < 4.78 is 0. The molecule has 0 radical (unpaired) electrons. The summed E-state index contributed by atoms with van der Waals surface area (Å²) in [5.74, 6) is -6.97. The highest BCUT2D eigenvalue weighted by Crippen LogP contribution is 2.21. The topological polar surface area (TPSA) is 346 Å². The smallest absolute Gasteiger partial charge is 0.326 e. The van der Waals surface area contributed by atoms with Gasteiger partial charge in [0.1, 0.15) is 30.2 Å². The first-order valence-corrected chi connectivity index (χ1v) is 19.3. The number of aromatic nitrogens is 3. The van der Waals surface area contributed by atoms with Crippen LogP contribution in [0.3, 0.4) is 0 Å². The van der Waals surface area contributed by atoms with Crippen molar-refractivity contribution in [1.82, 2.24) is 41.1 Å². The van der Waals surface area contributed by atoms with Crippen LogP contribution >= 0.6 is 0 Å². The number of amides is 5. The third kappa shape index (κ3) is 13.3. The molecule has 1 aliphatic heterocycles. The van der Waals surface area contributed by atoms with Gasteiger partial charge in [-0.15, -0.1) is 0 Å². The molecule has 21 nitrogen and oxygen atoms in total. The largest absolute Gasteiger partial charge is 0.481 e. The molecule has 1 fully saturated rings. The van der Waals surface area contributed by atoms with Gasteiger partial charge in [0.15, 0.2) is 5.96 Å². The monoisotopic (exact) mass is 822 g/mol. The van der Waals surface area contributed by atoms with Crippen LogP contribution in [0.25, 0.3) is 10.9 Å². The van der Waals surface area contributed by atoms with Crippen LogP contribution in [0.1, 0.15) is 63.6 Å². The molecule has 1 saturated heterocycles. The second-order valence-electron chi connectivity index (χ2n) is 14.9. The van der Waals surface area contributed by atoms with Crippen molar-refractivity contribution < 1.29 is 43.8 Å². The summed E-state index contributed by atoms with van der Waals surface area (Å²) in [5.41, 5.74) is 19.2. The van der Waals surface area contributed by atoms with Crippen molar-refractivity contribution in [3.05, 3.63) is 54.2 Å². The number of guanidine groups is 1. The Hall–Kier alpha value is -6.51. The van der Waals surface area contributed by atoms with Crippen molar-refractivity contribution >= 4 is 58.3 Å². The van der Waals surface area contributed by atoms with E-state index in [9.17, 15) is 43.8 Å². The zero-order valence-electron chi connectivity index (χ0n) is 33.0. The molecule has 0 aliphatic carbocycles. The minimum Gasteiger partial charge on any atom is -0.481 e. The number of carbonyl (C=O) groups excluding carboxylic acids is 5. The minimum atomic E-state index is -1.65. The molecule has 1 aliphatic rings. The fraction of sp³-hybridized carbons (Fsp3) is 0.500.